The van der Waals surface area contributed by atoms with Gasteiger partial charge in [-0.2, -0.15) is 0 Å². The van der Waals surface area contributed by atoms with Gasteiger partial charge in [0.2, 0.25) is 0 Å². The van der Waals surface area contributed by atoms with Crippen molar-refractivity contribution in [1.82, 2.24) is 9.97 Å². The monoisotopic (exact) mass is 318 g/mol. The first kappa shape index (κ1) is 12.0. The van der Waals surface area contributed by atoms with Crippen LogP contribution in [-0.2, 0) is 0 Å². The fourth-order valence-corrected chi connectivity index (χ4v) is 4.50. The summed E-state index contributed by atoms with van der Waals surface area (Å²) >= 11 is 0. The molecule has 0 saturated heterocycles. The molecule has 3 heteroatoms. The zero-order valence-electron chi connectivity index (χ0n) is 13.1. The predicted molar refractivity (Wildman–Crippen MR) is 101 cm³/mol. The van der Waals surface area contributed by atoms with Crippen LogP contribution in [-0.4, -0.2) is 9.97 Å². The average molecular weight is 318 g/mol. The van der Waals surface area contributed by atoms with Crippen molar-refractivity contribution in [2.75, 3.05) is 0 Å². The van der Waals surface area contributed by atoms with Crippen LogP contribution in [0.5, 0.6) is 0 Å². The second-order valence-corrected chi connectivity index (χ2v) is 6.66. The first-order valence-electron chi connectivity index (χ1n) is 8.35. The zero-order valence-corrected chi connectivity index (χ0v) is 13.1. The molecule has 0 atom stereocenters. The third-order valence-electron chi connectivity index (χ3n) is 5.48. The SMILES string of the molecule is c1cc2c3c(c1)ccc1ccc4oc5ccc6ncnc-2c6c5c4c13. The fourth-order valence-electron chi connectivity index (χ4n) is 4.50. The first-order valence-corrected chi connectivity index (χ1v) is 8.35. The molecule has 2 heterocycles. The summed E-state index contributed by atoms with van der Waals surface area (Å²) in [6, 6.07) is 19.1. The molecule has 0 unspecified atom stereocenters. The molecular formula is C22H10N2O. The summed E-state index contributed by atoms with van der Waals surface area (Å²) in [6.45, 7) is 0. The Labute approximate surface area is 141 Å². The Morgan fingerprint density at radius 3 is 2.28 bits per heavy atom. The second-order valence-electron chi connectivity index (χ2n) is 6.66. The van der Waals surface area contributed by atoms with Crippen LogP contribution in [0.3, 0.4) is 0 Å². The molecule has 7 rings (SSSR count). The summed E-state index contributed by atoms with van der Waals surface area (Å²) in [5.41, 5.74) is 4.95. The maximum atomic E-state index is 6.18. The molecule has 0 spiro atoms. The van der Waals surface area contributed by atoms with Crippen molar-refractivity contribution < 1.29 is 4.42 Å². The highest BCUT2D eigenvalue weighted by molar-refractivity contribution is 6.36. The highest BCUT2D eigenvalue weighted by atomic mass is 16.3. The van der Waals surface area contributed by atoms with E-state index in [-0.39, 0.29) is 0 Å². The van der Waals surface area contributed by atoms with Gasteiger partial charge in [-0.1, -0.05) is 36.4 Å². The highest BCUT2D eigenvalue weighted by Gasteiger charge is 2.23. The molecule has 4 aromatic carbocycles. The Morgan fingerprint density at radius 2 is 1.36 bits per heavy atom. The van der Waals surface area contributed by atoms with Crippen LogP contribution >= 0.6 is 0 Å². The van der Waals surface area contributed by atoms with E-state index in [1.54, 1.807) is 6.33 Å². The lowest BCUT2D eigenvalue weighted by Gasteiger charge is -2.09. The van der Waals surface area contributed by atoms with E-state index in [9.17, 15) is 0 Å². The molecule has 2 aromatic heterocycles. The van der Waals surface area contributed by atoms with Crippen LogP contribution < -0.4 is 0 Å². The summed E-state index contributed by atoms with van der Waals surface area (Å²) in [5.74, 6) is 0. The molecular weight excluding hydrogens is 308 g/mol. The summed E-state index contributed by atoms with van der Waals surface area (Å²) in [4.78, 5) is 9.20. The minimum Gasteiger partial charge on any atom is -0.456 e. The van der Waals surface area contributed by atoms with E-state index in [1.807, 2.05) is 12.1 Å². The standard InChI is InChI=1S/C22H10N2O/c1-2-11-4-5-12-6-8-15-20-18(12)17(11)13(3-1)22-19-14(23-10-24-22)7-9-16(25-15)21(19)20/h1-10H. The summed E-state index contributed by atoms with van der Waals surface area (Å²) < 4.78 is 6.18. The van der Waals surface area contributed by atoms with E-state index < -0.39 is 0 Å². The quantitative estimate of drug-likeness (QED) is 0.331. The van der Waals surface area contributed by atoms with Crippen molar-refractivity contribution >= 4 is 54.4 Å². The average Bonchev–Trinajstić information content (AvgIpc) is 2.99. The molecule has 0 saturated carbocycles. The minimum absolute atomic E-state index is 0.899. The number of furan rings is 1. The molecule has 1 aliphatic rings. The lowest BCUT2D eigenvalue weighted by molar-refractivity contribution is 0.669. The van der Waals surface area contributed by atoms with Gasteiger partial charge in [-0.05, 0) is 34.4 Å². The molecule has 0 fully saturated rings. The minimum atomic E-state index is 0.899. The largest absolute Gasteiger partial charge is 0.456 e. The van der Waals surface area contributed by atoms with Crippen molar-refractivity contribution in [2.24, 2.45) is 0 Å². The number of fused-ring (bicyclic) bond motifs is 1. The van der Waals surface area contributed by atoms with E-state index in [4.69, 9.17) is 9.40 Å². The van der Waals surface area contributed by atoms with Gasteiger partial charge in [0.25, 0.3) is 0 Å². The number of hydrogen-bond acceptors (Lipinski definition) is 3. The Kier molecular flexibility index (Phi) is 1.81. The Morgan fingerprint density at radius 1 is 0.600 bits per heavy atom. The smallest absolute Gasteiger partial charge is 0.136 e. The maximum absolute atomic E-state index is 6.18. The van der Waals surface area contributed by atoms with Crippen molar-refractivity contribution in [3.8, 4) is 11.3 Å². The number of rotatable bonds is 0. The zero-order chi connectivity index (χ0) is 16.1. The summed E-state index contributed by atoms with van der Waals surface area (Å²) in [7, 11) is 0. The van der Waals surface area contributed by atoms with Crippen LogP contribution in [0, 0.1) is 0 Å². The van der Waals surface area contributed by atoms with Crippen molar-refractivity contribution in [2.45, 2.75) is 0 Å². The third-order valence-corrected chi connectivity index (χ3v) is 5.48. The van der Waals surface area contributed by atoms with Gasteiger partial charge < -0.3 is 4.42 Å². The van der Waals surface area contributed by atoms with E-state index in [2.05, 4.69) is 47.4 Å². The summed E-state index contributed by atoms with van der Waals surface area (Å²) in [5, 5.41) is 8.38. The first-order chi connectivity index (χ1) is 12.4. The molecule has 0 radical (unpaired) electrons. The molecule has 0 aliphatic heterocycles. The van der Waals surface area contributed by atoms with E-state index >= 15 is 0 Å². The van der Waals surface area contributed by atoms with Crippen LogP contribution in [0.2, 0.25) is 0 Å². The highest BCUT2D eigenvalue weighted by Crippen LogP contribution is 2.47. The lowest BCUT2D eigenvalue weighted by Crippen LogP contribution is -1.89. The van der Waals surface area contributed by atoms with Gasteiger partial charge in [0, 0.05) is 27.1 Å². The van der Waals surface area contributed by atoms with Crippen molar-refractivity contribution in [3.05, 3.63) is 60.9 Å². The third kappa shape index (κ3) is 1.24. The second kappa shape index (κ2) is 3.78. The Bertz CT molecular complexity index is 1540. The maximum Gasteiger partial charge on any atom is 0.136 e. The van der Waals surface area contributed by atoms with Gasteiger partial charge in [0.1, 0.15) is 17.5 Å². The van der Waals surface area contributed by atoms with Gasteiger partial charge in [-0.25, -0.2) is 9.97 Å². The van der Waals surface area contributed by atoms with Crippen LogP contribution in [0.4, 0.5) is 0 Å². The van der Waals surface area contributed by atoms with Gasteiger partial charge in [0.05, 0.1) is 11.2 Å². The number of benzene rings is 4. The van der Waals surface area contributed by atoms with E-state index in [0.29, 0.717) is 0 Å². The number of hydrogen-bond donors (Lipinski definition) is 0. The normalized spacial score (nSPS) is 12.8. The van der Waals surface area contributed by atoms with Gasteiger partial charge in [0.15, 0.2) is 0 Å². The van der Waals surface area contributed by atoms with Gasteiger partial charge in [-0.3, -0.25) is 0 Å². The van der Waals surface area contributed by atoms with Crippen molar-refractivity contribution in [3.63, 3.8) is 0 Å². The van der Waals surface area contributed by atoms with Crippen LogP contribution in [0.15, 0.2) is 65.3 Å². The van der Waals surface area contributed by atoms with Crippen LogP contribution in [0.1, 0.15) is 0 Å². The topological polar surface area (TPSA) is 38.9 Å². The van der Waals surface area contributed by atoms with Gasteiger partial charge in [-0.15, -0.1) is 0 Å². The van der Waals surface area contributed by atoms with Crippen LogP contribution in [0.25, 0.3) is 65.6 Å². The number of nitrogens with zero attached hydrogens (tertiary/aromatic N) is 2. The molecule has 3 nitrogen and oxygen atoms in total. The molecule has 0 amide bonds. The van der Waals surface area contributed by atoms with E-state index in [1.165, 1.54) is 32.5 Å². The molecule has 1 aliphatic carbocycles. The number of aromatic nitrogens is 2. The lowest BCUT2D eigenvalue weighted by atomic mass is 9.95. The van der Waals surface area contributed by atoms with Crippen molar-refractivity contribution in [1.29, 1.82) is 0 Å². The Balaban J connectivity index is 2.05. The summed E-state index contributed by atoms with van der Waals surface area (Å²) in [6.07, 6.45) is 1.66. The van der Waals surface area contributed by atoms with E-state index in [0.717, 1.165) is 33.1 Å². The van der Waals surface area contributed by atoms with Gasteiger partial charge >= 0.3 is 0 Å². The molecule has 114 valence electrons. The fraction of sp³-hybridized carbons (Fsp3) is 0. The molecule has 0 N–H and O–H groups in total. The predicted octanol–water partition coefficient (Wildman–Crippen LogP) is 5.82. The Hall–Kier alpha value is -3.46. The molecule has 6 aromatic rings. The molecule has 25 heavy (non-hydrogen) atoms. The molecule has 0 bridgehead atoms.